The second-order valence-corrected chi connectivity index (χ2v) is 4.18. The third kappa shape index (κ3) is 2.68. The number of aromatic nitrogens is 1. The van der Waals surface area contributed by atoms with Crippen LogP contribution in [-0.4, -0.2) is 44.1 Å². The average Bonchev–Trinajstić information content (AvgIpc) is 2.38. The van der Waals surface area contributed by atoms with E-state index in [2.05, 4.69) is 20.5 Å². The fourth-order valence-corrected chi connectivity index (χ4v) is 2.10. The molecular formula is C11H15ClN4O. The summed E-state index contributed by atoms with van der Waals surface area (Å²) in [5.74, 6) is -0.223. The number of nitrogens with one attached hydrogen (secondary N) is 2. The molecule has 0 atom stereocenters. The number of hydrogen-bond acceptors (Lipinski definition) is 4. The van der Waals surface area contributed by atoms with E-state index in [0.717, 1.165) is 31.9 Å². The molecule has 0 radical (unpaired) electrons. The molecule has 6 heteroatoms. The molecule has 17 heavy (non-hydrogen) atoms. The topological polar surface area (TPSA) is 57.3 Å². The number of piperazine rings is 1. The predicted octanol–water partition coefficient (Wildman–Crippen LogP) is 0.504. The van der Waals surface area contributed by atoms with E-state index in [1.165, 1.54) is 0 Å². The van der Waals surface area contributed by atoms with Gasteiger partial charge in [-0.1, -0.05) is 11.6 Å². The molecule has 1 fully saturated rings. The Balaban J connectivity index is 2.21. The molecule has 5 nitrogen and oxygen atoms in total. The quantitative estimate of drug-likeness (QED) is 0.755. The molecular weight excluding hydrogens is 240 g/mol. The lowest BCUT2D eigenvalue weighted by molar-refractivity contribution is 0.0958. The van der Waals surface area contributed by atoms with Gasteiger partial charge in [0.05, 0.1) is 5.69 Å². The fourth-order valence-electron chi connectivity index (χ4n) is 1.82. The standard InChI is InChI=1S/C11H15ClN4O/c1-13-11(17)8-2-3-9(10(12)15-8)16-6-4-14-5-7-16/h2-3,14H,4-7H2,1H3,(H,13,17). The second kappa shape index (κ2) is 5.33. The number of carbonyl (C=O) groups excluding carboxylic acids is 1. The number of rotatable bonds is 2. The molecule has 1 aromatic heterocycles. The summed E-state index contributed by atoms with van der Waals surface area (Å²) in [5.41, 5.74) is 1.23. The van der Waals surface area contributed by atoms with Crippen LogP contribution in [0.25, 0.3) is 0 Å². The van der Waals surface area contributed by atoms with E-state index in [-0.39, 0.29) is 5.91 Å². The third-order valence-corrected chi connectivity index (χ3v) is 3.02. The molecule has 2 heterocycles. The molecule has 1 saturated heterocycles. The number of anilines is 1. The van der Waals surface area contributed by atoms with Crippen molar-refractivity contribution in [3.63, 3.8) is 0 Å². The van der Waals surface area contributed by atoms with Gasteiger partial charge in [-0.2, -0.15) is 0 Å². The SMILES string of the molecule is CNC(=O)c1ccc(N2CCNCC2)c(Cl)n1. The van der Waals surface area contributed by atoms with Crippen molar-refractivity contribution in [1.82, 2.24) is 15.6 Å². The van der Waals surface area contributed by atoms with Gasteiger partial charge in [0, 0.05) is 33.2 Å². The Morgan fingerprint density at radius 3 is 2.76 bits per heavy atom. The van der Waals surface area contributed by atoms with E-state index in [1.54, 1.807) is 13.1 Å². The maximum atomic E-state index is 11.4. The summed E-state index contributed by atoms with van der Waals surface area (Å²) in [5, 5.41) is 6.18. The highest BCUT2D eigenvalue weighted by molar-refractivity contribution is 6.32. The van der Waals surface area contributed by atoms with Crippen LogP contribution in [0.5, 0.6) is 0 Å². The second-order valence-electron chi connectivity index (χ2n) is 3.82. The smallest absolute Gasteiger partial charge is 0.269 e. The molecule has 2 N–H and O–H groups in total. The van der Waals surface area contributed by atoms with Gasteiger partial charge in [-0.25, -0.2) is 4.98 Å². The van der Waals surface area contributed by atoms with E-state index < -0.39 is 0 Å². The van der Waals surface area contributed by atoms with Gasteiger partial charge in [-0.05, 0) is 12.1 Å². The predicted molar refractivity (Wildman–Crippen MR) is 67.7 cm³/mol. The van der Waals surface area contributed by atoms with Gasteiger partial charge in [0.2, 0.25) is 0 Å². The first kappa shape index (κ1) is 12.1. The van der Waals surface area contributed by atoms with E-state index in [0.29, 0.717) is 10.8 Å². The monoisotopic (exact) mass is 254 g/mol. The molecule has 0 saturated carbocycles. The van der Waals surface area contributed by atoms with Crippen LogP contribution in [-0.2, 0) is 0 Å². The first-order valence-electron chi connectivity index (χ1n) is 5.56. The van der Waals surface area contributed by atoms with Crippen LogP contribution in [0.1, 0.15) is 10.5 Å². The van der Waals surface area contributed by atoms with Crippen molar-refractivity contribution in [2.24, 2.45) is 0 Å². The van der Waals surface area contributed by atoms with Gasteiger partial charge in [0.1, 0.15) is 5.69 Å². The highest BCUT2D eigenvalue weighted by Gasteiger charge is 2.16. The number of hydrogen-bond donors (Lipinski definition) is 2. The molecule has 2 rings (SSSR count). The normalized spacial score (nSPS) is 15.8. The summed E-state index contributed by atoms with van der Waals surface area (Å²) in [6, 6.07) is 3.55. The van der Waals surface area contributed by atoms with Crippen molar-refractivity contribution in [3.05, 3.63) is 23.0 Å². The minimum atomic E-state index is -0.223. The number of amides is 1. The summed E-state index contributed by atoms with van der Waals surface area (Å²) in [6.07, 6.45) is 0. The minimum absolute atomic E-state index is 0.223. The number of pyridine rings is 1. The van der Waals surface area contributed by atoms with Crippen LogP contribution < -0.4 is 15.5 Å². The summed E-state index contributed by atoms with van der Waals surface area (Å²) in [6.45, 7) is 3.68. The van der Waals surface area contributed by atoms with Gasteiger partial charge >= 0.3 is 0 Å². The van der Waals surface area contributed by atoms with Gasteiger partial charge in [0.15, 0.2) is 5.15 Å². The largest absolute Gasteiger partial charge is 0.366 e. The van der Waals surface area contributed by atoms with Crippen LogP contribution in [0, 0.1) is 0 Å². The summed E-state index contributed by atoms with van der Waals surface area (Å²) < 4.78 is 0. The van der Waals surface area contributed by atoms with Crippen LogP contribution >= 0.6 is 11.6 Å². The Labute approximate surface area is 105 Å². The molecule has 0 bridgehead atoms. The Morgan fingerprint density at radius 2 is 2.18 bits per heavy atom. The van der Waals surface area contributed by atoms with Gasteiger partial charge in [-0.15, -0.1) is 0 Å². The molecule has 0 aliphatic carbocycles. The van der Waals surface area contributed by atoms with Crippen molar-refractivity contribution in [1.29, 1.82) is 0 Å². The Hall–Kier alpha value is -1.33. The van der Waals surface area contributed by atoms with Crippen LogP contribution in [0.4, 0.5) is 5.69 Å². The third-order valence-electron chi connectivity index (χ3n) is 2.75. The van der Waals surface area contributed by atoms with Gasteiger partial charge in [0.25, 0.3) is 5.91 Å². The molecule has 92 valence electrons. The molecule has 0 unspecified atom stereocenters. The molecule has 1 amide bonds. The lowest BCUT2D eigenvalue weighted by Gasteiger charge is -2.29. The van der Waals surface area contributed by atoms with Crippen molar-refractivity contribution in [3.8, 4) is 0 Å². The Bertz CT molecular complexity index is 418. The van der Waals surface area contributed by atoms with Crippen LogP contribution in [0.2, 0.25) is 5.15 Å². The zero-order valence-electron chi connectivity index (χ0n) is 9.66. The Kier molecular flexibility index (Phi) is 3.81. The molecule has 1 aliphatic heterocycles. The van der Waals surface area contributed by atoms with Crippen molar-refractivity contribution < 1.29 is 4.79 Å². The molecule has 0 spiro atoms. The molecule has 1 aromatic rings. The van der Waals surface area contributed by atoms with Gasteiger partial charge < -0.3 is 15.5 Å². The highest BCUT2D eigenvalue weighted by Crippen LogP contribution is 2.24. The van der Waals surface area contributed by atoms with E-state index in [9.17, 15) is 4.79 Å². The maximum absolute atomic E-state index is 11.4. The summed E-state index contributed by atoms with van der Waals surface area (Å²) in [4.78, 5) is 17.7. The van der Waals surface area contributed by atoms with Gasteiger partial charge in [-0.3, -0.25) is 4.79 Å². The summed E-state index contributed by atoms with van der Waals surface area (Å²) >= 11 is 6.11. The summed E-state index contributed by atoms with van der Waals surface area (Å²) in [7, 11) is 1.57. The molecule has 0 aromatic carbocycles. The Morgan fingerprint density at radius 1 is 1.47 bits per heavy atom. The van der Waals surface area contributed by atoms with Crippen LogP contribution in [0.3, 0.4) is 0 Å². The zero-order valence-corrected chi connectivity index (χ0v) is 10.4. The zero-order chi connectivity index (χ0) is 12.3. The lowest BCUT2D eigenvalue weighted by Crippen LogP contribution is -2.43. The lowest BCUT2D eigenvalue weighted by atomic mass is 10.2. The number of halogens is 1. The first-order chi connectivity index (χ1) is 8.22. The number of nitrogens with zero attached hydrogens (tertiary/aromatic N) is 2. The van der Waals surface area contributed by atoms with Crippen molar-refractivity contribution in [2.75, 3.05) is 38.1 Å². The number of carbonyl (C=O) groups is 1. The minimum Gasteiger partial charge on any atom is -0.366 e. The first-order valence-corrected chi connectivity index (χ1v) is 5.94. The maximum Gasteiger partial charge on any atom is 0.269 e. The molecule has 1 aliphatic rings. The van der Waals surface area contributed by atoms with E-state index in [1.807, 2.05) is 6.07 Å². The van der Waals surface area contributed by atoms with Crippen molar-refractivity contribution >= 4 is 23.2 Å². The van der Waals surface area contributed by atoms with Crippen molar-refractivity contribution in [2.45, 2.75) is 0 Å². The van der Waals surface area contributed by atoms with E-state index in [4.69, 9.17) is 11.6 Å². The highest BCUT2D eigenvalue weighted by atomic mass is 35.5. The average molecular weight is 255 g/mol. The van der Waals surface area contributed by atoms with Crippen LogP contribution in [0.15, 0.2) is 12.1 Å². The van der Waals surface area contributed by atoms with E-state index >= 15 is 0 Å². The fraction of sp³-hybridized carbons (Fsp3) is 0.455.